The fourth-order valence-electron chi connectivity index (χ4n) is 5.09. The molecule has 1 aliphatic carbocycles. The average molecular weight is 746 g/mol. The van der Waals surface area contributed by atoms with Gasteiger partial charge in [-0.25, -0.2) is 0 Å². The second kappa shape index (κ2) is 18.8. The van der Waals surface area contributed by atoms with E-state index in [1.807, 2.05) is 0 Å². The number of hydrogen-bond donors (Lipinski definition) is 14. The molecule has 15 N–H and O–H groups in total. The number of methoxy groups -OCH3 is 1. The van der Waals surface area contributed by atoms with Crippen LogP contribution in [0.4, 0.5) is 0 Å². The van der Waals surface area contributed by atoms with Gasteiger partial charge in [-0.2, -0.15) is 0 Å². The number of phenolic OH excluding ortho intramolecular Hbond substituents is 6. The van der Waals surface area contributed by atoms with Gasteiger partial charge in [0.2, 0.25) is 11.8 Å². The van der Waals surface area contributed by atoms with Gasteiger partial charge in [0, 0.05) is 37.4 Å². The lowest BCUT2D eigenvalue weighted by molar-refractivity contribution is -0.125. The molecule has 19 nitrogen and oxygen atoms in total. The summed E-state index contributed by atoms with van der Waals surface area (Å²) >= 11 is 0. The molecule has 53 heavy (non-hydrogen) atoms. The standard InChI is InChI=1S/C34H43N5O14/c1-53-30(35)19(6-2-4-8-36-31(49)16-10-21(40)27(46)22(41)11-16)38-34(52)20(39-33(51)18-14-25(44)29(48)26(45)15-18)7-3-5-9-37-32(50)17-12-23(42)28(47)24(43)13-17/h5,9-10,12-16,19-20,30,40-48H,2-4,6-8,11,35H2,1H3,(H,36,49)(H,37,50)(H,38,52)(H,39,51)/b9-5+/t16?,19?,20-,30?/m1/s1. The van der Waals surface area contributed by atoms with Crippen molar-refractivity contribution in [3.05, 3.63) is 71.0 Å². The van der Waals surface area contributed by atoms with Crippen molar-refractivity contribution in [1.29, 1.82) is 0 Å². The molecule has 2 aromatic carbocycles. The number of carbonyl (C=O) groups is 4. The Kier molecular flexibility index (Phi) is 14.5. The largest absolute Gasteiger partial charge is 0.508 e. The number of nitrogens with two attached hydrogens (primary N) is 1. The SMILES string of the molecule is COC(N)C(CCCCNC(=O)C1C=C(O)C(O)=C(O)C1)NC(=O)[C@@H](CC/C=C/NC(=O)c1cc(O)c(O)c(O)c1)NC(=O)c1cc(O)c(O)c(O)c1. The second-order valence-electron chi connectivity index (χ2n) is 12.0. The van der Waals surface area contributed by atoms with Crippen LogP contribution >= 0.6 is 0 Å². The first-order chi connectivity index (χ1) is 25.0. The molecule has 0 aromatic heterocycles. The van der Waals surface area contributed by atoms with Gasteiger partial charge in [-0.3, -0.25) is 19.2 Å². The number of aliphatic hydroxyl groups excluding tert-OH is 3. The van der Waals surface area contributed by atoms with Gasteiger partial charge in [-0.05, 0) is 62.4 Å². The Bertz CT molecular complexity index is 1730. The summed E-state index contributed by atoms with van der Waals surface area (Å²) in [6.07, 6.45) is 3.71. The Morgan fingerprint density at radius 3 is 1.94 bits per heavy atom. The van der Waals surface area contributed by atoms with Crippen LogP contribution in [0.25, 0.3) is 0 Å². The topological polar surface area (TPSA) is 334 Å². The molecule has 1 aliphatic rings. The van der Waals surface area contributed by atoms with E-state index in [4.69, 9.17) is 10.5 Å². The quantitative estimate of drug-likeness (QED) is 0.0615. The Morgan fingerprint density at radius 2 is 1.40 bits per heavy atom. The van der Waals surface area contributed by atoms with E-state index in [1.54, 1.807) is 0 Å². The number of unbranched alkanes of at least 4 members (excludes halogenated alkanes) is 1. The van der Waals surface area contributed by atoms with E-state index >= 15 is 0 Å². The fourth-order valence-corrected chi connectivity index (χ4v) is 5.09. The molecule has 4 atom stereocenters. The summed E-state index contributed by atoms with van der Waals surface area (Å²) in [5.41, 5.74) is 5.64. The number of aromatic hydroxyl groups is 6. The lowest BCUT2D eigenvalue weighted by Gasteiger charge is -2.27. The number of ether oxygens (including phenoxy) is 1. The molecule has 0 heterocycles. The van der Waals surface area contributed by atoms with Gasteiger partial charge >= 0.3 is 0 Å². The number of amides is 4. The summed E-state index contributed by atoms with van der Waals surface area (Å²) in [5.74, 6) is -10.2. The fraction of sp³-hybridized carbons (Fsp3) is 0.353. The van der Waals surface area contributed by atoms with E-state index in [9.17, 15) is 65.1 Å². The predicted octanol–water partition coefficient (Wildman–Crippen LogP) is 1.23. The van der Waals surface area contributed by atoms with Crippen LogP contribution in [0.2, 0.25) is 0 Å². The molecule has 4 amide bonds. The third-order valence-corrected chi connectivity index (χ3v) is 8.10. The smallest absolute Gasteiger partial charge is 0.255 e. The van der Waals surface area contributed by atoms with Gasteiger partial charge in [-0.15, -0.1) is 0 Å². The van der Waals surface area contributed by atoms with Gasteiger partial charge < -0.3 is 77.7 Å². The molecule has 2 aromatic rings. The molecule has 0 saturated heterocycles. The molecule has 0 bridgehead atoms. The highest BCUT2D eigenvalue weighted by Gasteiger charge is 2.28. The minimum absolute atomic E-state index is 0.0601. The molecule has 0 saturated carbocycles. The summed E-state index contributed by atoms with van der Waals surface area (Å²) < 4.78 is 5.23. The number of allylic oxidation sites excluding steroid dienone is 2. The van der Waals surface area contributed by atoms with Gasteiger partial charge in [-0.1, -0.05) is 6.08 Å². The lowest BCUT2D eigenvalue weighted by atomic mass is 9.96. The molecule has 288 valence electrons. The molecule has 0 fully saturated rings. The first kappa shape index (κ1) is 41.1. The van der Waals surface area contributed by atoms with Gasteiger partial charge in [0.05, 0.1) is 12.0 Å². The van der Waals surface area contributed by atoms with E-state index in [2.05, 4.69) is 21.3 Å². The Labute approximate surface area is 302 Å². The van der Waals surface area contributed by atoms with Crippen molar-refractivity contribution in [3.8, 4) is 34.5 Å². The van der Waals surface area contributed by atoms with E-state index in [0.29, 0.717) is 12.8 Å². The van der Waals surface area contributed by atoms with Crippen molar-refractivity contribution < 1.29 is 69.9 Å². The predicted molar refractivity (Wildman–Crippen MR) is 185 cm³/mol. The van der Waals surface area contributed by atoms with Crippen LogP contribution in [0.15, 0.2) is 59.9 Å². The van der Waals surface area contributed by atoms with Crippen molar-refractivity contribution in [1.82, 2.24) is 21.3 Å². The lowest BCUT2D eigenvalue weighted by Crippen LogP contribution is -2.54. The molecular formula is C34H43N5O14. The van der Waals surface area contributed by atoms with Crippen LogP contribution in [-0.2, 0) is 14.3 Å². The number of aliphatic hydroxyl groups is 3. The van der Waals surface area contributed by atoms with Crippen LogP contribution in [0.5, 0.6) is 34.5 Å². The Morgan fingerprint density at radius 1 is 0.830 bits per heavy atom. The van der Waals surface area contributed by atoms with Crippen molar-refractivity contribution >= 4 is 23.6 Å². The normalized spacial score (nSPS) is 16.0. The summed E-state index contributed by atoms with van der Waals surface area (Å²) in [6.45, 7) is 0.187. The number of phenols is 6. The molecule has 3 rings (SSSR count). The highest BCUT2D eigenvalue weighted by atomic mass is 16.5. The Balaban J connectivity index is 1.64. The monoisotopic (exact) mass is 745 g/mol. The van der Waals surface area contributed by atoms with Crippen molar-refractivity contribution in [2.45, 2.75) is 56.8 Å². The van der Waals surface area contributed by atoms with Crippen molar-refractivity contribution in [2.24, 2.45) is 11.7 Å². The maximum absolute atomic E-state index is 13.5. The van der Waals surface area contributed by atoms with Crippen LogP contribution in [0, 0.1) is 5.92 Å². The zero-order valence-electron chi connectivity index (χ0n) is 28.4. The maximum Gasteiger partial charge on any atom is 0.255 e. The van der Waals surface area contributed by atoms with E-state index in [-0.39, 0.29) is 43.4 Å². The number of rotatable bonds is 17. The van der Waals surface area contributed by atoms with Gasteiger partial charge in [0.1, 0.15) is 18.0 Å². The van der Waals surface area contributed by atoms with Gasteiger partial charge in [0.15, 0.2) is 46.0 Å². The number of hydrogen-bond acceptors (Lipinski definition) is 15. The average Bonchev–Trinajstić information content (AvgIpc) is 3.12. The van der Waals surface area contributed by atoms with Crippen molar-refractivity contribution in [2.75, 3.05) is 13.7 Å². The van der Waals surface area contributed by atoms with Crippen LogP contribution in [0.3, 0.4) is 0 Å². The van der Waals surface area contributed by atoms with Crippen LogP contribution < -0.4 is 27.0 Å². The number of nitrogens with one attached hydrogen (secondary N) is 4. The number of carbonyl (C=O) groups excluding carboxylic acids is 4. The van der Waals surface area contributed by atoms with Crippen LogP contribution in [-0.4, -0.2) is 102 Å². The molecule has 0 aliphatic heterocycles. The maximum atomic E-state index is 13.5. The first-order valence-electron chi connectivity index (χ1n) is 16.2. The molecule has 0 radical (unpaired) electrons. The molecule has 3 unspecified atom stereocenters. The minimum atomic E-state index is -1.26. The minimum Gasteiger partial charge on any atom is -0.508 e. The summed E-state index contributed by atoms with van der Waals surface area (Å²) in [4.78, 5) is 51.5. The van der Waals surface area contributed by atoms with E-state index in [0.717, 1.165) is 30.3 Å². The van der Waals surface area contributed by atoms with E-state index < -0.39 is 99.6 Å². The summed E-state index contributed by atoms with van der Waals surface area (Å²) in [6, 6.07) is 1.58. The highest BCUT2D eigenvalue weighted by molar-refractivity contribution is 5.98. The van der Waals surface area contributed by atoms with Crippen LogP contribution in [0.1, 0.15) is 59.2 Å². The number of benzene rings is 2. The second-order valence-corrected chi connectivity index (χ2v) is 12.0. The highest BCUT2D eigenvalue weighted by Crippen LogP contribution is 2.36. The third-order valence-electron chi connectivity index (χ3n) is 8.10. The van der Waals surface area contributed by atoms with Crippen molar-refractivity contribution in [3.63, 3.8) is 0 Å². The third kappa shape index (κ3) is 11.3. The zero-order chi connectivity index (χ0) is 39.4. The molecule has 0 spiro atoms. The van der Waals surface area contributed by atoms with Gasteiger partial charge in [0.25, 0.3) is 11.8 Å². The molecule has 19 heteroatoms. The summed E-state index contributed by atoms with van der Waals surface area (Å²) in [7, 11) is 1.32. The van der Waals surface area contributed by atoms with E-state index in [1.165, 1.54) is 19.4 Å². The molecular weight excluding hydrogens is 702 g/mol. The first-order valence-corrected chi connectivity index (χ1v) is 16.2. The zero-order valence-corrected chi connectivity index (χ0v) is 28.4. The summed E-state index contributed by atoms with van der Waals surface area (Å²) in [5, 5.41) is 97.3. The Hall–Kier alpha value is -6.34.